The van der Waals surface area contributed by atoms with Gasteiger partial charge in [0, 0.05) is 16.0 Å². The van der Waals surface area contributed by atoms with Gasteiger partial charge in [0.25, 0.3) is 0 Å². The van der Waals surface area contributed by atoms with Crippen molar-refractivity contribution in [2.75, 3.05) is 0 Å². The van der Waals surface area contributed by atoms with Crippen molar-refractivity contribution in [3.05, 3.63) is 119 Å². The third-order valence-electron chi connectivity index (χ3n) is 5.84. The Morgan fingerprint density at radius 3 is 2.25 bits per heavy atom. The molecular weight excluding hydrogens is 412 g/mol. The molecule has 0 aliphatic rings. The van der Waals surface area contributed by atoms with Gasteiger partial charge in [0.05, 0.1) is 0 Å². The highest BCUT2D eigenvalue weighted by Gasteiger charge is 2.11. The van der Waals surface area contributed by atoms with Crippen molar-refractivity contribution in [2.24, 2.45) is 0 Å². The molecule has 0 fully saturated rings. The van der Waals surface area contributed by atoms with Crippen LogP contribution < -0.4 is 0 Å². The minimum atomic E-state index is 0.734. The number of hydrogen-bond acceptors (Lipinski definition) is 1. The van der Waals surface area contributed by atoms with Crippen LogP contribution in [-0.4, -0.2) is 0 Å². The van der Waals surface area contributed by atoms with E-state index in [1.54, 1.807) is 0 Å². The predicted molar refractivity (Wildman–Crippen MR) is 137 cm³/mol. The van der Waals surface area contributed by atoms with E-state index < -0.39 is 0 Å². The summed E-state index contributed by atoms with van der Waals surface area (Å²) in [5.41, 5.74) is 9.06. The van der Waals surface area contributed by atoms with E-state index in [9.17, 15) is 0 Å². The Morgan fingerprint density at radius 2 is 1.47 bits per heavy atom. The van der Waals surface area contributed by atoms with Crippen LogP contribution in [0.5, 0.6) is 0 Å². The smallest absolute Gasteiger partial charge is 0.135 e. The van der Waals surface area contributed by atoms with E-state index in [4.69, 9.17) is 16.0 Å². The first-order valence-electron chi connectivity index (χ1n) is 10.7. The summed E-state index contributed by atoms with van der Waals surface area (Å²) in [6, 6.07) is 33.3. The van der Waals surface area contributed by atoms with Crippen LogP contribution in [-0.2, 0) is 0 Å². The van der Waals surface area contributed by atoms with Crippen molar-refractivity contribution < 1.29 is 4.42 Å². The van der Waals surface area contributed by atoms with Gasteiger partial charge in [-0.1, -0.05) is 72.3 Å². The molecule has 0 aliphatic carbocycles. The van der Waals surface area contributed by atoms with Gasteiger partial charge in [0.15, 0.2) is 0 Å². The van der Waals surface area contributed by atoms with Crippen molar-refractivity contribution >= 4 is 34.2 Å². The predicted octanol–water partition coefficient (Wildman–Crippen LogP) is 9.29. The maximum absolute atomic E-state index is 6.20. The molecule has 4 aromatic carbocycles. The van der Waals surface area contributed by atoms with Gasteiger partial charge < -0.3 is 4.42 Å². The second-order valence-corrected chi connectivity index (χ2v) is 8.57. The highest BCUT2D eigenvalue weighted by Crippen LogP contribution is 2.34. The second-order valence-electron chi connectivity index (χ2n) is 8.14. The standard InChI is InChI=1S/C30H23ClO/c1-20-7-3-4-8-23(20)15-21(2)25-16-26(22-11-13-28(31)14-12-22)18-27(17-25)30-19-24-9-5-6-10-29(24)32-30/h3-19H,1-2H3/b21-15+. The first kappa shape index (κ1) is 20.4. The monoisotopic (exact) mass is 434 g/mol. The average molecular weight is 435 g/mol. The molecule has 0 unspecified atom stereocenters. The lowest BCUT2D eigenvalue weighted by Gasteiger charge is -2.11. The number of aryl methyl sites for hydroxylation is 1. The normalized spacial score (nSPS) is 11.8. The number of rotatable bonds is 4. The zero-order chi connectivity index (χ0) is 22.1. The molecule has 0 saturated heterocycles. The van der Waals surface area contributed by atoms with E-state index in [1.807, 2.05) is 30.3 Å². The van der Waals surface area contributed by atoms with Gasteiger partial charge in [-0.2, -0.15) is 0 Å². The second kappa shape index (κ2) is 8.53. The number of furan rings is 1. The van der Waals surface area contributed by atoms with Crippen LogP contribution in [0.15, 0.2) is 101 Å². The molecule has 156 valence electrons. The molecule has 32 heavy (non-hydrogen) atoms. The summed E-state index contributed by atoms with van der Waals surface area (Å²) in [4.78, 5) is 0. The molecule has 0 N–H and O–H groups in total. The molecule has 1 aromatic heterocycles. The number of benzene rings is 4. The van der Waals surface area contributed by atoms with Crippen molar-refractivity contribution in [3.63, 3.8) is 0 Å². The van der Waals surface area contributed by atoms with Crippen LogP contribution in [0.2, 0.25) is 5.02 Å². The van der Waals surface area contributed by atoms with Crippen molar-refractivity contribution in [1.82, 2.24) is 0 Å². The molecule has 1 heterocycles. The van der Waals surface area contributed by atoms with Gasteiger partial charge in [-0.05, 0) is 89.7 Å². The molecule has 0 saturated carbocycles. The molecular formula is C30H23ClO. The zero-order valence-electron chi connectivity index (χ0n) is 18.1. The molecule has 0 spiro atoms. The lowest BCUT2D eigenvalue weighted by molar-refractivity contribution is 0.631. The van der Waals surface area contributed by atoms with Crippen LogP contribution in [0.4, 0.5) is 0 Å². The van der Waals surface area contributed by atoms with Crippen LogP contribution in [0, 0.1) is 6.92 Å². The Balaban J connectivity index is 1.67. The Labute approximate surface area is 193 Å². The average Bonchev–Trinajstić information content (AvgIpc) is 3.25. The van der Waals surface area contributed by atoms with Gasteiger partial charge in [-0.15, -0.1) is 0 Å². The Kier molecular flexibility index (Phi) is 5.43. The summed E-state index contributed by atoms with van der Waals surface area (Å²) in [5, 5.41) is 1.84. The van der Waals surface area contributed by atoms with Gasteiger partial charge in [0.1, 0.15) is 11.3 Å². The van der Waals surface area contributed by atoms with E-state index in [2.05, 4.69) is 86.7 Å². The molecule has 1 nitrogen and oxygen atoms in total. The minimum absolute atomic E-state index is 0.734. The molecule has 2 heteroatoms. The molecule has 0 radical (unpaired) electrons. The van der Waals surface area contributed by atoms with Gasteiger partial charge in [0.2, 0.25) is 0 Å². The first-order valence-corrected chi connectivity index (χ1v) is 11.1. The maximum atomic E-state index is 6.20. The fraction of sp³-hybridized carbons (Fsp3) is 0.0667. The summed E-state index contributed by atoms with van der Waals surface area (Å²) >= 11 is 6.13. The fourth-order valence-electron chi connectivity index (χ4n) is 4.00. The van der Waals surface area contributed by atoms with Gasteiger partial charge in [-0.3, -0.25) is 0 Å². The van der Waals surface area contributed by atoms with Crippen LogP contribution >= 0.6 is 11.6 Å². The number of fused-ring (bicyclic) bond motifs is 1. The third kappa shape index (κ3) is 4.12. The topological polar surface area (TPSA) is 13.1 Å². The highest BCUT2D eigenvalue weighted by molar-refractivity contribution is 6.30. The van der Waals surface area contributed by atoms with Crippen molar-refractivity contribution in [3.8, 4) is 22.5 Å². The van der Waals surface area contributed by atoms with Crippen LogP contribution in [0.1, 0.15) is 23.6 Å². The summed E-state index contributed by atoms with van der Waals surface area (Å²) in [6.45, 7) is 4.30. The van der Waals surface area contributed by atoms with Gasteiger partial charge >= 0.3 is 0 Å². The van der Waals surface area contributed by atoms with Crippen LogP contribution in [0.25, 0.3) is 45.1 Å². The van der Waals surface area contributed by atoms with Crippen molar-refractivity contribution in [2.45, 2.75) is 13.8 Å². The minimum Gasteiger partial charge on any atom is -0.456 e. The van der Waals surface area contributed by atoms with E-state index in [0.717, 1.165) is 44.0 Å². The molecule has 5 aromatic rings. The van der Waals surface area contributed by atoms with E-state index in [1.165, 1.54) is 16.7 Å². The quantitative estimate of drug-likeness (QED) is 0.257. The third-order valence-corrected chi connectivity index (χ3v) is 6.09. The molecule has 0 atom stereocenters. The zero-order valence-corrected chi connectivity index (χ0v) is 18.9. The summed E-state index contributed by atoms with van der Waals surface area (Å²) in [7, 11) is 0. The van der Waals surface area contributed by atoms with Gasteiger partial charge in [-0.25, -0.2) is 0 Å². The molecule has 0 amide bonds. The first-order chi connectivity index (χ1) is 15.6. The largest absolute Gasteiger partial charge is 0.456 e. The number of allylic oxidation sites excluding steroid dienone is 1. The van der Waals surface area contributed by atoms with E-state index >= 15 is 0 Å². The Hall–Kier alpha value is -3.55. The summed E-state index contributed by atoms with van der Waals surface area (Å²) < 4.78 is 6.20. The number of hydrogen-bond donors (Lipinski definition) is 0. The molecule has 5 rings (SSSR count). The highest BCUT2D eigenvalue weighted by atomic mass is 35.5. The Bertz CT molecular complexity index is 1400. The maximum Gasteiger partial charge on any atom is 0.135 e. The number of halogens is 1. The van der Waals surface area contributed by atoms with Crippen LogP contribution in [0.3, 0.4) is 0 Å². The molecule has 0 bridgehead atoms. The lowest BCUT2D eigenvalue weighted by Crippen LogP contribution is -1.88. The molecule has 0 aliphatic heterocycles. The van der Waals surface area contributed by atoms with Crippen molar-refractivity contribution in [1.29, 1.82) is 0 Å². The van der Waals surface area contributed by atoms with E-state index in [0.29, 0.717) is 0 Å². The lowest BCUT2D eigenvalue weighted by atomic mass is 9.94. The summed E-state index contributed by atoms with van der Waals surface area (Å²) in [5.74, 6) is 0.868. The Morgan fingerprint density at radius 1 is 0.750 bits per heavy atom. The summed E-state index contributed by atoms with van der Waals surface area (Å²) in [6.07, 6.45) is 2.25. The SMILES string of the molecule is C/C(=C\c1ccccc1C)c1cc(-c2ccc(Cl)cc2)cc(-c2cc3ccccc3o2)c1. The fourth-order valence-corrected chi connectivity index (χ4v) is 4.12. The number of para-hydroxylation sites is 1. The van der Waals surface area contributed by atoms with E-state index in [-0.39, 0.29) is 0 Å².